The number of hydrogen-bond acceptors (Lipinski definition) is 5. The Bertz CT molecular complexity index is 2350. The standard InChI is InChI=1S/C38H32Cl2F2N6O5/c39-27-21-29(41)31(47-35(49)43-15-7-8-16-44(43)36(47)50)19-25(27)33(23-11-3-1-4-12-23)53-34(24-13-5-2-6-14-24)26-20-32(30(42)22-28(26)40)48-37(51)45-17-9-10-18-46(45)38(48)52/h1-6,11-14,19-22,33-34H,7-10,15-18H2. The fraction of sp³-hybridized carbons (Fsp3) is 0.263. The van der Waals surface area contributed by atoms with Gasteiger partial charge in [-0.15, -0.1) is 0 Å². The normalized spacial score (nSPS) is 15.2. The van der Waals surface area contributed by atoms with Gasteiger partial charge in [0.25, 0.3) is 0 Å². The molecule has 2 aliphatic heterocycles. The van der Waals surface area contributed by atoms with Crippen LogP contribution in [0.25, 0.3) is 11.4 Å². The molecule has 0 saturated heterocycles. The van der Waals surface area contributed by atoms with Crippen LogP contribution in [-0.2, 0) is 30.9 Å². The lowest BCUT2D eigenvalue weighted by atomic mass is 9.97. The van der Waals surface area contributed by atoms with Crippen LogP contribution in [0.4, 0.5) is 8.78 Å². The maximum atomic E-state index is 15.8. The highest BCUT2D eigenvalue weighted by Crippen LogP contribution is 2.42. The van der Waals surface area contributed by atoms with E-state index in [4.69, 9.17) is 27.9 Å². The summed E-state index contributed by atoms with van der Waals surface area (Å²) in [6.07, 6.45) is 0.645. The summed E-state index contributed by atoms with van der Waals surface area (Å²) in [5.74, 6) is -1.77. The van der Waals surface area contributed by atoms with Crippen LogP contribution in [0.3, 0.4) is 0 Å². The van der Waals surface area contributed by atoms with Crippen LogP contribution in [0.1, 0.15) is 60.1 Å². The highest BCUT2D eigenvalue weighted by Gasteiger charge is 2.31. The number of rotatable bonds is 8. The van der Waals surface area contributed by atoms with Gasteiger partial charge in [-0.1, -0.05) is 83.9 Å². The molecule has 0 radical (unpaired) electrons. The third-order valence-electron chi connectivity index (χ3n) is 9.87. The van der Waals surface area contributed by atoms with E-state index in [1.54, 1.807) is 60.7 Å². The van der Waals surface area contributed by atoms with Gasteiger partial charge in [-0.3, -0.25) is 0 Å². The predicted molar refractivity (Wildman–Crippen MR) is 195 cm³/mol. The van der Waals surface area contributed by atoms with Crippen LogP contribution in [0.15, 0.2) is 104 Å². The van der Waals surface area contributed by atoms with Crippen LogP contribution >= 0.6 is 23.2 Å². The van der Waals surface area contributed by atoms with Crippen LogP contribution in [0.5, 0.6) is 0 Å². The van der Waals surface area contributed by atoms with Gasteiger partial charge in [0.1, 0.15) is 23.8 Å². The Hall–Kier alpha value is -5.24. The molecule has 15 heteroatoms. The zero-order chi connectivity index (χ0) is 37.0. The van der Waals surface area contributed by atoms with Crippen LogP contribution in [0.2, 0.25) is 10.0 Å². The van der Waals surface area contributed by atoms with Crippen LogP contribution in [-0.4, -0.2) is 27.9 Å². The number of halogens is 4. The second kappa shape index (κ2) is 14.0. The number of benzene rings is 4. The minimum atomic E-state index is -1.08. The topological polar surface area (TPSA) is 107 Å². The lowest BCUT2D eigenvalue weighted by Crippen LogP contribution is -2.30. The van der Waals surface area contributed by atoms with Crippen molar-refractivity contribution in [1.82, 2.24) is 27.9 Å². The average molecular weight is 762 g/mol. The van der Waals surface area contributed by atoms with Crippen molar-refractivity contribution >= 4 is 23.2 Å². The molecule has 0 fully saturated rings. The van der Waals surface area contributed by atoms with Crippen LogP contribution < -0.4 is 22.8 Å². The van der Waals surface area contributed by atoms with E-state index in [0.717, 1.165) is 21.3 Å². The van der Waals surface area contributed by atoms with E-state index in [2.05, 4.69) is 0 Å². The molecule has 0 saturated carbocycles. The van der Waals surface area contributed by atoms with E-state index in [-0.39, 0.29) is 32.5 Å². The van der Waals surface area contributed by atoms with Gasteiger partial charge < -0.3 is 4.74 Å². The highest BCUT2D eigenvalue weighted by atomic mass is 35.5. The Balaban J connectivity index is 1.31. The van der Waals surface area contributed by atoms with Gasteiger partial charge in [0.2, 0.25) is 0 Å². The van der Waals surface area contributed by atoms with Gasteiger partial charge in [0.05, 0.1) is 11.4 Å². The maximum absolute atomic E-state index is 15.8. The first-order valence-electron chi connectivity index (χ1n) is 17.2. The summed E-state index contributed by atoms with van der Waals surface area (Å²) >= 11 is 13.6. The molecule has 2 atom stereocenters. The fourth-order valence-electron chi connectivity index (χ4n) is 7.27. The summed E-state index contributed by atoms with van der Waals surface area (Å²) in [6, 6.07) is 22.5. The number of fused-ring (bicyclic) bond motifs is 2. The van der Waals surface area contributed by atoms with Crippen molar-refractivity contribution in [3.63, 3.8) is 0 Å². The molecule has 2 aromatic heterocycles. The van der Waals surface area contributed by atoms with Crippen molar-refractivity contribution in [2.75, 3.05) is 0 Å². The van der Waals surface area contributed by atoms with Crippen LogP contribution in [0, 0.1) is 11.6 Å². The minimum Gasteiger partial charge on any atom is -0.356 e. The molecule has 0 bridgehead atoms. The zero-order valence-corrected chi connectivity index (χ0v) is 29.6. The summed E-state index contributed by atoms with van der Waals surface area (Å²) in [5.41, 5.74) is -1.70. The smallest absolute Gasteiger partial charge is 0.351 e. The predicted octanol–water partition coefficient (Wildman–Crippen LogP) is 5.98. The van der Waals surface area contributed by atoms with Crippen molar-refractivity contribution < 1.29 is 13.5 Å². The van der Waals surface area contributed by atoms with Gasteiger partial charge in [-0.05, 0) is 61.1 Å². The first-order chi connectivity index (χ1) is 25.6. The molecule has 6 aromatic rings. The summed E-state index contributed by atoms with van der Waals surface area (Å²) in [7, 11) is 0. The number of aromatic nitrogens is 6. The third kappa shape index (κ3) is 6.02. The summed E-state index contributed by atoms with van der Waals surface area (Å²) in [4.78, 5) is 53.9. The SMILES string of the molecule is O=c1n(-c2cc(C(OC(c3ccccc3)c3cc(-n4c(=O)n5n(c4=O)CCCC5)c(F)cc3Cl)c3ccccc3)c(Cl)cc2F)c(=O)n2n1CCCC2. The minimum absolute atomic E-state index is 0.0473. The number of hydrogen-bond donors (Lipinski definition) is 0. The van der Waals surface area contributed by atoms with Gasteiger partial charge in [-0.2, -0.15) is 0 Å². The first kappa shape index (κ1) is 34.8. The fourth-order valence-corrected chi connectivity index (χ4v) is 7.77. The van der Waals surface area contributed by atoms with Gasteiger partial charge >= 0.3 is 22.8 Å². The molecule has 0 spiro atoms. The van der Waals surface area contributed by atoms with Gasteiger partial charge in [0.15, 0.2) is 0 Å². The molecule has 0 N–H and O–H groups in total. The van der Waals surface area contributed by atoms with Crippen molar-refractivity contribution in [3.05, 3.63) is 171 Å². The first-order valence-corrected chi connectivity index (χ1v) is 18.0. The molecule has 2 aliphatic rings. The van der Waals surface area contributed by atoms with Crippen molar-refractivity contribution in [2.24, 2.45) is 0 Å². The van der Waals surface area contributed by atoms with Gasteiger partial charge in [0, 0.05) is 47.4 Å². The average Bonchev–Trinajstić information content (AvgIpc) is 3.57. The molecule has 11 nitrogen and oxygen atoms in total. The second-order valence-corrected chi connectivity index (χ2v) is 13.9. The Morgan fingerprint density at radius 2 is 0.830 bits per heavy atom. The van der Waals surface area contributed by atoms with E-state index < -0.39 is 46.6 Å². The lowest BCUT2D eigenvalue weighted by molar-refractivity contribution is 0.0309. The Labute approximate surface area is 310 Å². The van der Waals surface area contributed by atoms with E-state index in [0.29, 0.717) is 63.0 Å². The van der Waals surface area contributed by atoms with E-state index in [9.17, 15) is 19.2 Å². The monoisotopic (exact) mass is 760 g/mol. The van der Waals surface area contributed by atoms with E-state index in [1.165, 1.54) is 30.9 Å². The summed E-state index contributed by atoms with van der Waals surface area (Å²) in [6.45, 7) is 1.29. The molecule has 53 heavy (non-hydrogen) atoms. The third-order valence-corrected chi connectivity index (χ3v) is 10.5. The Morgan fingerprint density at radius 1 is 0.509 bits per heavy atom. The zero-order valence-electron chi connectivity index (χ0n) is 28.1. The molecule has 0 amide bonds. The molecular weight excluding hydrogens is 729 g/mol. The number of ether oxygens (including phenoxy) is 1. The molecular formula is C38H32Cl2F2N6O5. The molecule has 2 unspecified atom stereocenters. The molecule has 4 aromatic carbocycles. The van der Waals surface area contributed by atoms with Crippen molar-refractivity contribution in [1.29, 1.82) is 0 Å². The largest absolute Gasteiger partial charge is 0.356 e. The molecule has 272 valence electrons. The summed E-state index contributed by atoms with van der Waals surface area (Å²) < 4.78 is 45.4. The van der Waals surface area contributed by atoms with E-state index in [1.807, 2.05) is 0 Å². The Kier molecular flexibility index (Phi) is 9.17. The highest BCUT2D eigenvalue weighted by molar-refractivity contribution is 6.31. The van der Waals surface area contributed by atoms with Crippen molar-refractivity contribution in [2.45, 2.75) is 64.1 Å². The lowest BCUT2D eigenvalue weighted by Gasteiger charge is -2.28. The Morgan fingerprint density at radius 3 is 1.15 bits per heavy atom. The molecule has 4 heterocycles. The molecule has 0 aliphatic carbocycles. The van der Waals surface area contributed by atoms with Crippen molar-refractivity contribution in [3.8, 4) is 11.4 Å². The second-order valence-electron chi connectivity index (χ2n) is 13.1. The van der Waals surface area contributed by atoms with Gasteiger partial charge in [-0.25, -0.2) is 55.8 Å². The van der Waals surface area contributed by atoms with E-state index >= 15 is 8.78 Å². The summed E-state index contributed by atoms with van der Waals surface area (Å²) in [5, 5.41) is -0.0946. The quantitative estimate of drug-likeness (QED) is 0.190. The number of nitrogens with zero attached hydrogens (tertiary/aromatic N) is 6. The molecule has 8 rings (SSSR count). The maximum Gasteiger partial charge on any atom is 0.351 e.